The van der Waals surface area contributed by atoms with Gasteiger partial charge in [-0.25, -0.2) is 0 Å². The molecular weight excluding hydrogens is 350 g/mol. The van der Waals surface area contributed by atoms with E-state index in [1.807, 2.05) is 0 Å². The van der Waals surface area contributed by atoms with E-state index in [-0.39, 0.29) is 12.4 Å². The van der Waals surface area contributed by atoms with Gasteiger partial charge >= 0.3 is 0 Å². The number of nitrogens with zero attached hydrogens (tertiary/aromatic N) is 1. The van der Waals surface area contributed by atoms with Crippen LogP contribution in [0.1, 0.15) is 138 Å². The van der Waals surface area contributed by atoms with Crippen molar-refractivity contribution in [1.29, 1.82) is 0 Å². The molecule has 0 aliphatic heterocycles. The molecule has 0 aromatic rings. The predicted molar refractivity (Wildman–Crippen MR) is 121 cm³/mol. The van der Waals surface area contributed by atoms with Crippen LogP contribution < -0.4 is 12.4 Å². The molecule has 0 aliphatic carbocycles. The number of hydrogen-bond acceptors (Lipinski definition) is 0. The number of rotatable bonds is 18. The molecule has 0 spiro atoms. The molecule has 0 aromatic carbocycles. The quantitative estimate of drug-likeness (QED) is 0.209. The maximum absolute atomic E-state index is 2.60. The molecule has 27 heavy (non-hydrogen) atoms. The van der Waals surface area contributed by atoms with Crippen LogP contribution in [0.4, 0.5) is 0 Å². The molecule has 2 heteroatoms. The molecule has 0 amide bonds. The van der Waals surface area contributed by atoms with E-state index in [4.69, 9.17) is 0 Å². The summed E-state index contributed by atoms with van der Waals surface area (Å²) in [6.07, 6.45) is 21.1. The molecule has 0 rings (SSSR count). The van der Waals surface area contributed by atoms with Crippen molar-refractivity contribution in [2.75, 3.05) is 7.05 Å². The van der Waals surface area contributed by atoms with Crippen molar-refractivity contribution in [3.05, 3.63) is 0 Å². The Morgan fingerprint density at radius 2 is 0.741 bits per heavy atom. The molecule has 3 unspecified atom stereocenters. The third-order valence-electron chi connectivity index (χ3n) is 7.28. The minimum atomic E-state index is 0. The van der Waals surface area contributed by atoms with E-state index in [1.165, 1.54) is 101 Å². The fourth-order valence-electron chi connectivity index (χ4n) is 4.74. The van der Waals surface area contributed by atoms with Crippen molar-refractivity contribution < 1.29 is 16.9 Å². The first kappa shape index (κ1) is 29.5. The lowest BCUT2D eigenvalue weighted by Gasteiger charge is -2.50. The van der Waals surface area contributed by atoms with Crippen LogP contribution in [0.25, 0.3) is 0 Å². The van der Waals surface area contributed by atoms with Gasteiger partial charge in [-0.3, -0.25) is 0 Å². The molecule has 0 fully saturated rings. The van der Waals surface area contributed by atoms with Gasteiger partial charge in [-0.2, -0.15) is 0 Å². The summed E-state index contributed by atoms with van der Waals surface area (Å²) in [6.45, 7) is 14.6. The Hall–Kier alpha value is 0.250. The summed E-state index contributed by atoms with van der Waals surface area (Å²) < 4.78 is 1.31. The highest BCUT2D eigenvalue weighted by molar-refractivity contribution is 4.67. The first-order valence-electron chi connectivity index (χ1n) is 12.3. The van der Waals surface area contributed by atoms with E-state index in [9.17, 15) is 0 Å². The molecule has 0 bridgehead atoms. The maximum atomic E-state index is 2.60. The van der Waals surface area contributed by atoms with E-state index >= 15 is 0 Å². The average Bonchev–Trinajstić information content (AvgIpc) is 2.64. The topological polar surface area (TPSA) is 0 Å². The van der Waals surface area contributed by atoms with Crippen LogP contribution in [0.2, 0.25) is 0 Å². The van der Waals surface area contributed by atoms with Gasteiger partial charge in [0, 0.05) is 0 Å². The van der Waals surface area contributed by atoms with Crippen molar-refractivity contribution in [3.63, 3.8) is 0 Å². The van der Waals surface area contributed by atoms with Gasteiger partial charge in [0.05, 0.1) is 25.2 Å². The Labute approximate surface area is 180 Å². The van der Waals surface area contributed by atoms with Crippen LogP contribution in [-0.2, 0) is 0 Å². The van der Waals surface area contributed by atoms with Crippen molar-refractivity contribution in [2.24, 2.45) is 0 Å². The molecule has 0 radical (unpaired) electrons. The second-order valence-corrected chi connectivity index (χ2v) is 9.32. The Balaban J connectivity index is 0. The highest BCUT2D eigenvalue weighted by atomic mass is 35.5. The van der Waals surface area contributed by atoms with Gasteiger partial charge in [0.2, 0.25) is 0 Å². The van der Waals surface area contributed by atoms with Crippen LogP contribution in [0, 0.1) is 0 Å². The fraction of sp³-hybridized carbons (Fsp3) is 1.00. The molecule has 166 valence electrons. The van der Waals surface area contributed by atoms with Gasteiger partial charge in [-0.1, -0.05) is 78.6 Å². The van der Waals surface area contributed by atoms with E-state index in [2.05, 4.69) is 48.6 Å². The third-order valence-corrected chi connectivity index (χ3v) is 7.28. The second kappa shape index (κ2) is 18.3. The van der Waals surface area contributed by atoms with Crippen molar-refractivity contribution in [1.82, 2.24) is 0 Å². The van der Waals surface area contributed by atoms with E-state index in [0.29, 0.717) is 0 Å². The molecule has 0 N–H and O–H groups in total. The summed E-state index contributed by atoms with van der Waals surface area (Å²) in [5, 5.41) is 0. The molecule has 1 nitrogen and oxygen atoms in total. The zero-order chi connectivity index (χ0) is 19.8. The van der Waals surface area contributed by atoms with Crippen LogP contribution in [0.15, 0.2) is 0 Å². The standard InChI is InChI=1S/C25H54N.ClH/c1-8-11-14-17-20-23(4)26(7,24(5)21-18-15-12-9-2)25(6)22-19-16-13-10-3;/h23-25H,8-22H2,1-7H3;1H/q+1;/p-1. The lowest BCUT2D eigenvalue weighted by molar-refractivity contribution is -0.974. The Kier molecular flexibility index (Phi) is 19.9. The smallest absolute Gasteiger partial charge is 0.0863 e. The molecule has 0 aliphatic rings. The zero-order valence-corrected chi connectivity index (χ0v) is 20.9. The summed E-state index contributed by atoms with van der Waals surface area (Å²) in [4.78, 5) is 0. The first-order chi connectivity index (χ1) is 12.4. The van der Waals surface area contributed by atoms with Crippen LogP contribution >= 0.6 is 0 Å². The number of hydrogen-bond donors (Lipinski definition) is 0. The van der Waals surface area contributed by atoms with E-state index in [1.54, 1.807) is 0 Å². The normalized spacial score (nSPS) is 17.0. The summed E-state index contributed by atoms with van der Waals surface area (Å²) in [7, 11) is 2.60. The highest BCUT2D eigenvalue weighted by Crippen LogP contribution is 2.30. The van der Waals surface area contributed by atoms with Gasteiger partial charge in [-0.05, 0) is 59.3 Å². The van der Waals surface area contributed by atoms with Gasteiger partial charge in [-0.15, -0.1) is 0 Å². The Bertz CT molecular complexity index is 259. The third kappa shape index (κ3) is 11.7. The zero-order valence-electron chi connectivity index (χ0n) is 20.2. The largest absolute Gasteiger partial charge is 1.00 e. The summed E-state index contributed by atoms with van der Waals surface area (Å²) in [5.74, 6) is 0. The van der Waals surface area contributed by atoms with Gasteiger partial charge < -0.3 is 16.9 Å². The van der Waals surface area contributed by atoms with Gasteiger partial charge in [0.25, 0.3) is 0 Å². The van der Waals surface area contributed by atoms with Gasteiger partial charge in [0.15, 0.2) is 0 Å². The Morgan fingerprint density at radius 3 is 0.963 bits per heavy atom. The number of halogens is 1. The first-order valence-corrected chi connectivity index (χ1v) is 12.3. The minimum absolute atomic E-state index is 0. The molecule has 0 aromatic heterocycles. The highest BCUT2D eigenvalue weighted by Gasteiger charge is 2.38. The summed E-state index contributed by atoms with van der Waals surface area (Å²) in [5.41, 5.74) is 0. The van der Waals surface area contributed by atoms with E-state index in [0.717, 1.165) is 18.1 Å². The van der Waals surface area contributed by atoms with Crippen molar-refractivity contribution in [3.8, 4) is 0 Å². The molecular formula is C25H54ClN. The second-order valence-electron chi connectivity index (χ2n) is 9.32. The average molecular weight is 404 g/mol. The van der Waals surface area contributed by atoms with Crippen molar-refractivity contribution in [2.45, 2.75) is 156 Å². The van der Waals surface area contributed by atoms with Crippen LogP contribution in [0.3, 0.4) is 0 Å². The van der Waals surface area contributed by atoms with Crippen LogP contribution in [-0.4, -0.2) is 29.7 Å². The Morgan fingerprint density at radius 1 is 0.481 bits per heavy atom. The fourth-order valence-corrected chi connectivity index (χ4v) is 4.74. The predicted octanol–water partition coefficient (Wildman–Crippen LogP) is 5.51. The number of quaternary nitrogens is 1. The molecule has 0 saturated carbocycles. The minimum Gasteiger partial charge on any atom is -1.00 e. The van der Waals surface area contributed by atoms with Crippen LogP contribution in [0.5, 0.6) is 0 Å². The molecule has 0 heterocycles. The molecule has 0 saturated heterocycles. The lowest BCUT2D eigenvalue weighted by atomic mass is 9.94. The monoisotopic (exact) mass is 403 g/mol. The maximum Gasteiger partial charge on any atom is 0.0863 e. The number of unbranched alkanes of at least 4 members (excludes halogenated alkanes) is 9. The van der Waals surface area contributed by atoms with Gasteiger partial charge in [0.1, 0.15) is 0 Å². The van der Waals surface area contributed by atoms with Crippen molar-refractivity contribution >= 4 is 0 Å². The summed E-state index contributed by atoms with van der Waals surface area (Å²) in [6, 6.07) is 2.40. The molecule has 3 atom stereocenters. The van der Waals surface area contributed by atoms with E-state index < -0.39 is 0 Å². The SMILES string of the molecule is CCCCCCC(C)[N+](C)(C(C)CCCCCC)C(C)CCCCCC.[Cl-]. The summed E-state index contributed by atoms with van der Waals surface area (Å²) >= 11 is 0. The lowest BCUT2D eigenvalue weighted by Crippen LogP contribution is -3.00.